The van der Waals surface area contributed by atoms with Gasteiger partial charge in [0.2, 0.25) is 5.88 Å². The number of ether oxygens (including phenoxy) is 1. The lowest BCUT2D eigenvalue weighted by atomic mass is 10.1. The second-order valence-electron chi connectivity index (χ2n) is 7.11. The Balaban J connectivity index is 0.000000206. The van der Waals surface area contributed by atoms with Crippen LogP contribution < -0.4 is 4.74 Å². The van der Waals surface area contributed by atoms with Crippen molar-refractivity contribution < 1.29 is 31.1 Å². The maximum Gasteiger partial charge on any atom is 0.416 e. The number of hydrogen-bond donors (Lipinski definition) is 0. The van der Waals surface area contributed by atoms with Gasteiger partial charge >= 0.3 is 12.4 Å². The van der Waals surface area contributed by atoms with Gasteiger partial charge in [-0.3, -0.25) is 0 Å². The molecule has 2 aromatic carbocycles. The molecule has 0 aliphatic carbocycles. The Hall–Kier alpha value is -3.15. The second kappa shape index (κ2) is 11.5. The number of halogens is 9. The first-order chi connectivity index (χ1) is 17.3. The van der Waals surface area contributed by atoms with Gasteiger partial charge in [-0.15, -0.1) is 20.4 Å². The van der Waals surface area contributed by atoms with Crippen LogP contribution in [0.25, 0.3) is 22.3 Å². The molecule has 0 amide bonds. The molecule has 5 nitrogen and oxygen atoms in total. The molecule has 0 atom stereocenters. The maximum absolute atomic E-state index is 12.5. The normalized spacial score (nSPS) is 11.5. The van der Waals surface area contributed by atoms with Gasteiger partial charge in [0, 0.05) is 17.2 Å². The standard InChI is InChI=1S/C12H8ClF3N2O.C11H5Cl2F3N2/c1-19-10-6-9(11(13)18-17-10)7-2-4-8(5-3-7)12(14,15)16;12-9-5-8(10(13)18-17-9)6-1-3-7(4-2-6)11(14,15)16/h2-6H,1H3;1-5H. The second-order valence-corrected chi connectivity index (χ2v) is 8.22. The summed E-state index contributed by atoms with van der Waals surface area (Å²) in [5, 5.41) is 14.7. The molecule has 0 saturated heterocycles. The van der Waals surface area contributed by atoms with Gasteiger partial charge in [0.15, 0.2) is 15.5 Å². The van der Waals surface area contributed by atoms with E-state index in [-0.39, 0.29) is 21.3 Å². The molecule has 0 fully saturated rings. The van der Waals surface area contributed by atoms with Crippen molar-refractivity contribution in [3.63, 3.8) is 0 Å². The number of methoxy groups -OCH3 is 1. The van der Waals surface area contributed by atoms with Crippen molar-refractivity contribution in [2.75, 3.05) is 7.11 Å². The van der Waals surface area contributed by atoms with Crippen LogP contribution in [0.4, 0.5) is 26.3 Å². The van der Waals surface area contributed by atoms with Gasteiger partial charge < -0.3 is 4.74 Å². The number of rotatable bonds is 3. The molecule has 0 unspecified atom stereocenters. The van der Waals surface area contributed by atoms with E-state index in [2.05, 4.69) is 20.4 Å². The predicted molar refractivity (Wildman–Crippen MR) is 127 cm³/mol. The van der Waals surface area contributed by atoms with Crippen molar-refractivity contribution in [3.8, 4) is 28.1 Å². The molecule has 4 aromatic rings. The molecule has 0 saturated carbocycles. The maximum atomic E-state index is 12.5. The molecular formula is C23H13Cl3F6N4O. The van der Waals surface area contributed by atoms with E-state index in [1.807, 2.05) is 0 Å². The summed E-state index contributed by atoms with van der Waals surface area (Å²) < 4.78 is 79.4. The first kappa shape index (κ1) is 28.4. The lowest BCUT2D eigenvalue weighted by molar-refractivity contribution is -0.138. The number of hydrogen-bond acceptors (Lipinski definition) is 5. The fourth-order valence-electron chi connectivity index (χ4n) is 2.89. The zero-order valence-corrected chi connectivity index (χ0v) is 20.6. The third-order valence-corrected chi connectivity index (χ3v) is 5.44. The molecule has 0 radical (unpaired) electrons. The zero-order chi connectivity index (χ0) is 27.4. The number of aromatic nitrogens is 4. The highest BCUT2D eigenvalue weighted by Gasteiger charge is 2.30. The molecule has 4 rings (SSSR count). The lowest BCUT2D eigenvalue weighted by Gasteiger charge is -2.08. The molecular weight excluding hydrogens is 569 g/mol. The minimum atomic E-state index is -4.36. The number of benzene rings is 2. The molecule has 194 valence electrons. The fourth-order valence-corrected chi connectivity index (χ4v) is 3.44. The summed E-state index contributed by atoms with van der Waals surface area (Å²) in [7, 11) is 1.41. The summed E-state index contributed by atoms with van der Waals surface area (Å²) >= 11 is 17.3. The molecule has 0 aliphatic heterocycles. The quantitative estimate of drug-likeness (QED) is 0.228. The van der Waals surface area contributed by atoms with E-state index >= 15 is 0 Å². The Morgan fingerprint density at radius 1 is 0.595 bits per heavy atom. The van der Waals surface area contributed by atoms with Gasteiger partial charge in [-0.1, -0.05) is 59.1 Å². The highest BCUT2D eigenvalue weighted by Crippen LogP contribution is 2.34. The van der Waals surface area contributed by atoms with E-state index < -0.39 is 23.5 Å². The first-order valence-electron chi connectivity index (χ1n) is 9.91. The van der Waals surface area contributed by atoms with Gasteiger partial charge in [-0.05, 0) is 41.5 Å². The molecule has 2 aromatic heterocycles. The summed E-state index contributed by atoms with van der Waals surface area (Å²) in [5.41, 5.74) is 0.445. The third kappa shape index (κ3) is 7.43. The van der Waals surface area contributed by atoms with Gasteiger partial charge in [-0.2, -0.15) is 26.3 Å². The molecule has 0 spiro atoms. The van der Waals surface area contributed by atoms with Crippen molar-refractivity contribution in [2.24, 2.45) is 0 Å². The van der Waals surface area contributed by atoms with Crippen LogP contribution in [0.3, 0.4) is 0 Å². The number of alkyl halides is 6. The van der Waals surface area contributed by atoms with E-state index in [9.17, 15) is 26.3 Å². The van der Waals surface area contributed by atoms with Crippen molar-refractivity contribution in [1.29, 1.82) is 0 Å². The van der Waals surface area contributed by atoms with Gasteiger partial charge in [0.25, 0.3) is 0 Å². The van der Waals surface area contributed by atoms with Crippen LogP contribution in [-0.2, 0) is 12.4 Å². The van der Waals surface area contributed by atoms with Crippen LogP contribution in [-0.4, -0.2) is 27.5 Å². The zero-order valence-electron chi connectivity index (χ0n) is 18.4. The molecule has 2 heterocycles. The molecule has 0 aliphatic rings. The third-order valence-electron chi connectivity index (χ3n) is 4.70. The van der Waals surface area contributed by atoms with Crippen LogP contribution in [0, 0.1) is 0 Å². The van der Waals surface area contributed by atoms with E-state index in [1.54, 1.807) is 0 Å². The lowest BCUT2D eigenvalue weighted by Crippen LogP contribution is -2.04. The van der Waals surface area contributed by atoms with Gasteiger partial charge in [-0.25, -0.2) is 0 Å². The van der Waals surface area contributed by atoms with Crippen LogP contribution in [0.2, 0.25) is 15.5 Å². The van der Waals surface area contributed by atoms with E-state index in [4.69, 9.17) is 39.5 Å². The van der Waals surface area contributed by atoms with Crippen LogP contribution in [0.5, 0.6) is 5.88 Å². The summed E-state index contributed by atoms with van der Waals surface area (Å²) in [6.07, 6.45) is -8.73. The van der Waals surface area contributed by atoms with Crippen molar-refractivity contribution >= 4 is 34.8 Å². The summed E-state index contributed by atoms with van der Waals surface area (Å²) in [4.78, 5) is 0. The molecule has 14 heteroatoms. The Morgan fingerprint density at radius 2 is 1.00 bits per heavy atom. The minimum Gasteiger partial charge on any atom is -0.480 e. The summed E-state index contributed by atoms with van der Waals surface area (Å²) in [5.74, 6) is 0.235. The van der Waals surface area contributed by atoms with Crippen LogP contribution in [0.15, 0.2) is 60.7 Å². The molecule has 0 N–H and O–H groups in total. The molecule has 0 bridgehead atoms. The average Bonchev–Trinajstić information content (AvgIpc) is 2.85. The average molecular weight is 582 g/mol. The predicted octanol–water partition coefficient (Wildman–Crippen LogP) is 8.29. The topological polar surface area (TPSA) is 60.8 Å². The van der Waals surface area contributed by atoms with E-state index in [0.29, 0.717) is 22.3 Å². The largest absolute Gasteiger partial charge is 0.480 e. The monoisotopic (exact) mass is 580 g/mol. The van der Waals surface area contributed by atoms with Crippen LogP contribution >= 0.6 is 34.8 Å². The molecule has 37 heavy (non-hydrogen) atoms. The summed E-state index contributed by atoms with van der Waals surface area (Å²) in [6.45, 7) is 0. The highest BCUT2D eigenvalue weighted by molar-refractivity contribution is 6.33. The Morgan fingerprint density at radius 3 is 1.41 bits per heavy atom. The SMILES string of the molecule is COc1cc(-c2ccc(C(F)(F)F)cc2)c(Cl)nn1.FC(F)(F)c1ccc(-c2cc(Cl)nnc2Cl)cc1. The smallest absolute Gasteiger partial charge is 0.416 e. The van der Waals surface area contributed by atoms with E-state index in [0.717, 1.165) is 24.3 Å². The first-order valence-corrected chi connectivity index (χ1v) is 11.0. The van der Waals surface area contributed by atoms with Crippen molar-refractivity contribution in [3.05, 3.63) is 87.2 Å². The van der Waals surface area contributed by atoms with Crippen molar-refractivity contribution in [1.82, 2.24) is 20.4 Å². The van der Waals surface area contributed by atoms with Gasteiger partial charge in [0.1, 0.15) is 0 Å². The number of nitrogens with zero attached hydrogens (tertiary/aromatic N) is 4. The van der Waals surface area contributed by atoms with E-state index in [1.165, 1.54) is 43.5 Å². The highest BCUT2D eigenvalue weighted by atomic mass is 35.5. The summed E-state index contributed by atoms with van der Waals surface area (Å²) in [6, 6.07) is 12.1. The van der Waals surface area contributed by atoms with Gasteiger partial charge in [0.05, 0.1) is 18.2 Å². The fraction of sp³-hybridized carbons (Fsp3) is 0.130. The minimum absolute atomic E-state index is 0.0826. The Bertz CT molecular complexity index is 1370. The van der Waals surface area contributed by atoms with Crippen LogP contribution in [0.1, 0.15) is 11.1 Å². The Kier molecular flexibility index (Phi) is 8.83. The van der Waals surface area contributed by atoms with Crippen molar-refractivity contribution in [2.45, 2.75) is 12.4 Å². The Labute approximate surface area is 221 Å².